The van der Waals surface area contributed by atoms with Crippen LogP contribution in [0.25, 0.3) is 11.3 Å². The Labute approximate surface area is 158 Å². The summed E-state index contributed by atoms with van der Waals surface area (Å²) in [5, 5.41) is 3.16. The molecule has 7 heteroatoms. The average molecular weight is 368 g/mol. The van der Waals surface area contributed by atoms with Gasteiger partial charge in [-0.1, -0.05) is 30.3 Å². The van der Waals surface area contributed by atoms with Gasteiger partial charge in [-0.25, -0.2) is 9.97 Å². The largest absolute Gasteiger partial charge is 0.381 e. The zero-order valence-electron chi connectivity index (χ0n) is 15.2. The van der Waals surface area contributed by atoms with Crippen molar-refractivity contribution in [1.29, 1.82) is 0 Å². The van der Waals surface area contributed by atoms with Crippen molar-refractivity contribution in [1.82, 2.24) is 15.3 Å². The molecule has 4 rings (SSSR count). The molecule has 0 saturated carbocycles. The van der Waals surface area contributed by atoms with Crippen LogP contribution in [0.15, 0.2) is 36.5 Å². The summed E-state index contributed by atoms with van der Waals surface area (Å²) in [5.74, 6) is -0.0272. The van der Waals surface area contributed by atoms with Gasteiger partial charge in [-0.3, -0.25) is 4.79 Å². The maximum atomic E-state index is 13.0. The molecule has 142 valence electrons. The Morgan fingerprint density at radius 1 is 1.19 bits per heavy atom. The van der Waals surface area contributed by atoms with Crippen LogP contribution < -0.4 is 11.1 Å². The summed E-state index contributed by atoms with van der Waals surface area (Å²) in [5.41, 5.74) is 7.41. The molecule has 7 nitrogen and oxygen atoms in total. The minimum Gasteiger partial charge on any atom is -0.381 e. The fourth-order valence-corrected chi connectivity index (χ4v) is 3.88. The van der Waals surface area contributed by atoms with Gasteiger partial charge in [-0.2, -0.15) is 0 Å². The Morgan fingerprint density at radius 2 is 1.96 bits per heavy atom. The number of aromatic nitrogens is 2. The first kappa shape index (κ1) is 17.9. The topological polar surface area (TPSA) is 99.4 Å². The lowest BCUT2D eigenvalue weighted by molar-refractivity contribution is -0.139. The third-order valence-electron chi connectivity index (χ3n) is 5.33. The zero-order chi connectivity index (χ0) is 18.7. The molecule has 0 aliphatic carbocycles. The number of anilines is 1. The van der Waals surface area contributed by atoms with E-state index in [4.69, 9.17) is 15.2 Å². The number of rotatable bonds is 3. The van der Waals surface area contributed by atoms with Crippen molar-refractivity contribution < 1.29 is 14.3 Å². The lowest BCUT2D eigenvalue weighted by atomic mass is 9.84. The van der Waals surface area contributed by atoms with Crippen LogP contribution >= 0.6 is 0 Å². The number of nitrogens with two attached hydrogens (primary N) is 1. The molecular weight excluding hydrogens is 344 g/mol. The van der Waals surface area contributed by atoms with Gasteiger partial charge in [0.1, 0.15) is 0 Å². The first-order valence-corrected chi connectivity index (χ1v) is 9.36. The van der Waals surface area contributed by atoms with Gasteiger partial charge in [-0.05, 0) is 25.7 Å². The van der Waals surface area contributed by atoms with E-state index in [0.717, 1.165) is 31.2 Å². The normalized spacial score (nSPS) is 21.7. The van der Waals surface area contributed by atoms with Gasteiger partial charge in [0.05, 0.1) is 16.9 Å². The molecular formula is C20H24N4O3. The predicted octanol–water partition coefficient (Wildman–Crippen LogP) is 2.18. The van der Waals surface area contributed by atoms with Crippen LogP contribution in [-0.4, -0.2) is 47.3 Å². The third-order valence-corrected chi connectivity index (χ3v) is 5.33. The number of nitrogen functional groups attached to an aromatic ring is 1. The molecule has 2 aromatic rings. The van der Waals surface area contributed by atoms with Crippen molar-refractivity contribution in [2.45, 2.75) is 37.3 Å². The number of carbonyl (C=O) groups is 1. The predicted molar refractivity (Wildman–Crippen MR) is 101 cm³/mol. The Kier molecular flexibility index (Phi) is 5.05. The summed E-state index contributed by atoms with van der Waals surface area (Å²) in [6.45, 7) is 2.07. The highest BCUT2D eigenvalue weighted by atomic mass is 16.5. The van der Waals surface area contributed by atoms with E-state index in [1.165, 1.54) is 6.20 Å². The average Bonchev–Trinajstić information content (AvgIpc) is 2.69. The van der Waals surface area contributed by atoms with Crippen molar-refractivity contribution in [3.05, 3.63) is 42.1 Å². The van der Waals surface area contributed by atoms with Gasteiger partial charge in [0.25, 0.3) is 5.91 Å². The van der Waals surface area contributed by atoms with Crippen molar-refractivity contribution in [2.75, 3.05) is 25.6 Å². The lowest BCUT2D eigenvalue weighted by Gasteiger charge is -2.43. The second-order valence-corrected chi connectivity index (χ2v) is 7.16. The van der Waals surface area contributed by atoms with E-state index in [0.29, 0.717) is 31.1 Å². The van der Waals surface area contributed by atoms with E-state index in [-0.39, 0.29) is 23.5 Å². The summed E-state index contributed by atoms with van der Waals surface area (Å²) >= 11 is 0. The number of ether oxygens (including phenoxy) is 2. The molecule has 3 N–H and O–H groups in total. The maximum Gasteiger partial charge on any atom is 0.255 e. The zero-order valence-corrected chi connectivity index (χ0v) is 15.2. The third kappa shape index (κ3) is 3.94. The molecule has 1 amide bonds. The fraction of sp³-hybridized carbons (Fsp3) is 0.450. The minimum atomic E-state index is -0.178. The van der Waals surface area contributed by atoms with E-state index in [1.807, 2.05) is 30.3 Å². The molecule has 1 spiro atoms. The Morgan fingerprint density at radius 3 is 2.74 bits per heavy atom. The minimum absolute atomic E-state index is 0.0607. The quantitative estimate of drug-likeness (QED) is 0.861. The molecule has 2 aliphatic heterocycles. The van der Waals surface area contributed by atoms with E-state index in [1.54, 1.807) is 0 Å². The van der Waals surface area contributed by atoms with Gasteiger partial charge >= 0.3 is 0 Å². The number of amides is 1. The number of hydrogen-bond donors (Lipinski definition) is 2. The number of nitrogens with zero attached hydrogens (tertiary/aromatic N) is 2. The van der Waals surface area contributed by atoms with Gasteiger partial charge < -0.3 is 20.5 Å². The molecule has 2 saturated heterocycles. The summed E-state index contributed by atoms with van der Waals surface area (Å²) in [4.78, 5) is 21.3. The summed E-state index contributed by atoms with van der Waals surface area (Å²) in [7, 11) is 0. The van der Waals surface area contributed by atoms with Crippen LogP contribution in [0.2, 0.25) is 0 Å². The number of carbonyl (C=O) groups excluding carboxylic acids is 1. The van der Waals surface area contributed by atoms with E-state index >= 15 is 0 Å². The van der Waals surface area contributed by atoms with Crippen molar-refractivity contribution >= 4 is 11.9 Å². The highest BCUT2D eigenvalue weighted by molar-refractivity contribution is 5.99. The van der Waals surface area contributed by atoms with Crippen LogP contribution in [0.5, 0.6) is 0 Å². The highest BCUT2D eigenvalue weighted by Crippen LogP contribution is 2.34. The molecule has 0 radical (unpaired) electrons. The van der Waals surface area contributed by atoms with Crippen molar-refractivity contribution in [3.63, 3.8) is 0 Å². The van der Waals surface area contributed by atoms with Crippen LogP contribution in [-0.2, 0) is 9.47 Å². The van der Waals surface area contributed by atoms with E-state index in [9.17, 15) is 4.79 Å². The molecule has 3 heterocycles. The monoisotopic (exact) mass is 368 g/mol. The van der Waals surface area contributed by atoms with Gasteiger partial charge in [0, 0.05) is 37.6 Å². The van der Waals surface area contributed by atoms with Crippen molar-refractivity contribution in [3.8, 4) is 11.3 Å². The molecule has 27 heavy (non-hydrogen) atoms. The Balaban J connectivity index is 1.53. The molecule has 1 atom stereocenters. The highest BCUT2D eigenvalue weighted by Gasteiger charge is 2.39. The van der Waals surface area contributed by atoms with Crippen LogP contribution in [0.3, 0.4) is 0 Å². The van der Waals surface area contributed by atoms with Crippen LogP contribution in [0, 0.1) is 0 Å². The van der Waals surface area contributed by atoms with E-state index < -0.39 is 0 Å². The molecule has 2 fully saturated rings. The van der Waals surface area contributed by atoms with Gasteiger partial charge in [0.15, 0.2) is 0 Å². The molecule has 1 aromatic carbocycles. The van der Waals surface area contributed by atoms with Gasteiger partial charge in [0.2, 0.25) is 5.95 Å². The van der Waals surface area contributed by atoms with Crippen molar-refractivity contribution in [2.24, 2.45) is 0 Å². The number of hydrogen-bond acceptors (Lipinski definition) is 6. The Bertz CT molecular complexity index is 801. The number of benzene rings is 1. The lowest BCUT2D eigenvalue weighted by Crippen LogP contribution is -2.51. The molecule has 0 bridgehead atoms. The fourth-order valence-electron chi connectivity index (χ4n) is 3.88. The Hall–Kier alpha value is -2.51. The summed E-state index contributed by atoms with van der Waals surface area (Å²) < 4.78 is 11.5. The van der Waals surface area contributed by atoms with Crippen LogP contribution in [0.1, 0.15) is 36.0 Å². The number of nitrogens with one attached hydrogen (secondary N) is 1. The molecule has 1 aromatic heterocycles. The first-order chi connectivity index (χ1) is 13.2. The maximum absolute atomic E-state index is 13.0. The second kappa shape index (κ2) is 7.62. The molecule has 0 unspecified atom stereocenters. The SMILES string of the molecule is Nc1ncc(C(=O)N[C@H]2CCOC3(CCOCC3)C2)c(-c2ccccc2)n1. The van der Waals surface area contributed by atoms with E-state index in [2.05, 4.69) is 15.3 Å². The summed E-state index contributed by atoms with van der Waals surface area (Å²) in [6, 6.07) is 9.60. The summed E-state index contributed by atoms with van der Waals surface area (Å²) in [6.07, 6.45) is 4.85. The van der Waals surface area contributed by atoms with Crippen LogP contribution in [0.4, 0.5) is 5.95 Å². The molecule has 2 aliphatic rings. The smallest absolute Gasteiger partial charge is 0.255 e. The second-order valence-electron chi connectivity index (χ2n) is 7.16. The standard InChI is InChI=1S/C20H24N4O3/c21-19-22-13-16(17(24-19)14-4-2-1-3-5-14)18(25)23-15-6-9-27-20(12-15)7-10-26-11-8-20/h1-5,13,15H,6-12H2,(H,23,25)(H2,21,22,24)/t15-/m0/s1. The van der Waals surface area contributed by atoms with Gasteiger partial charge in [-0.15, -0.1) is 0 Å². The first-order valence-electron chi connectivity index (χ1n) is 9.36.